The van der Waals surface area contributed by atoms with E-state index >= 15 is 0 Å². The molecule has 1 aromatic rings. The first-order valence-corrected chi connectivity index (χ1v) is 8.05. The summed E-state index contributed by atoms with van der Waals surface area (Å²) in [7, 11) is 1.67. The van der Waals surface area contributed by atoms with Crippen LogP contribution < -0.4 is 0 Å². The van der Waals surface area contributed by atoms with Crippen molar-refractivity contribution in [2.75, 3.05) is 7.11 Å². The first-order chi connectivity index (χ1) is 9.79. The minimum Gasteiger partial charge on any atom is -0.390 e. The molecule has 0 radical (unpaired) electrons. The van der Waals surface area contributed by atoms with Crippen molar-refractivity contribution in [3.05, 3.63) is 35.9 Å². The quantitative estimate of drug-likeness (QED) is 0.585. The van der Waals surface area contributed by atoms with Crippen LogP contribution in [-0.4, -0.2) is 18.3 Å². The lowest BCUT2D eigenvalue weighted by atomic mass is 9.99. The fraction of sp³-hybridized carbons (Fsp3) is 0.667. The Hall–Kier alpha value is -0.860. The number of unbranched alkanes of at least 4 members (excludes halogenated alkanes) is 6. The summed E-state index contributed by atoms with van der Waals surface area (Å²) in [5.41, 5.74) is 1.06. The number of benzene rings is 1. The highest BCUT2D eigenvalue weighted by atomic mass is 16.5. The number of ether oxygens (including phenoxy) is 1. The van der Waals surface area contributed by atoms with Crippen molar-refractivity contribution < 1.29 is 9.84 Å². The largest absolute Gasteiger partial charge is 0.390 e. The summed E-state index contributed by atoms with van der Waals surface area (Å²) in [4.78, 5) is 0. The molecular formula is C18H30O2. The van der Waals surface area contributed by atoms with Gasteiger partial charge in [-0.15, -0.1) is 0 Å². The van der Waals surface area contributed by atoms with Gasteiger partial charge in [0.1, 0.15) is 6.10 Å². The molecule has 20 heavy (non-hydrogen) atoms. The highest BCUT2D eigenvalue weighted by Gasteiger charge is 2.19. The van der Waals surface area contributed by atoms with Gasteiger partial charge >= 0.3 is 0 Å². The van der Waals surface area contributed by atoms with Crippen LogP contribution in [0.2, 0.25) is 0 Å². The van der Waals surface area contributed by atoms with Crippen LogP contribution in [0, 0.1) is 0 Å². The van der Waals surface area contributed by atoms with Crippen molar-refractivity contribution in [2.45, 2.75) is 70.5 Å². The zero-order valence-corrected chi connectivity index (χ0v) is 13.1. The highest BCUT2D eigenvalue weighted by molar-refractivity contribution is 5.18. The maximum atomic E-state index is 10.3. The summed E-state index contributed by atoms with van der Waals surface area (Å²) in [5, 5.41) is 10.3. The summed E-state index contributed by atoms with van der Waals surface area (Å²) in [6, 6.07) is 9.99. The fourth-order valence-corrected chi connectivity index (χ4v) is 2.62. The third-order valence-corrected chi connectivity index (χ3v) is 3.83. The van der Waals surface area contributed by atoms with Gasteiger partial charge in [-0.05, 0) is 12.0 Å². The Morgan fingerprint density at radius 2 is 1.55 bits per heavy atom. The van der Waals surface area contributed by atoms with Crippen molar-refractivity contribution in [2.24, 2.45) is 0 Å². The zero-order valence-electron chi connectivity index (χ0n) is 13.1. The van der Waals surface area contributed by atoms with Crippen LogP contribution in [0.15, 0.2) is 30.3 Å². The number of hydrogen-bond acceptors (Lipinski definition) is 2. The van der Waals surface area contributed by atoms with E-state index in [9.17, 15) is 5.11 Å². The van der Waals surface area contributed by atoms with Crippen LogP contribution in [0.3, 0.4) is 0 Å². The Bertz CT molecular complexity index is 323. The molecule has 2 unspecified atom stereocenters. The minimum absolute atomic E-state index is 0.198. The standard InChI is InChI=1S/C18H30O2/c1-3-4-5-6-7-8-12-15-17(19)18(20-2)16-13-10-9-11-14-16/h9-11,13-14,17-19H,3-8,12,15H2,1-2H3. The van der Waals surface area contributed by atoms with Gasteiger partial charge in [0.2, 0.25) is 0 Å². The number of rotatable bonds is 11. The summed E-state index contributed by atoms with van der Waals surface area (Å²) < 4.78 is 5.46. The second-order valence-electron chi connectivity index (χ2n) is 5.54. The SMILES string of the molecule is CCCCCCCCCC(O)C(OC)c1ccccc1. The van der Waals surface area contributed by atoms with Crippen molar-refractivity contribution in [1.82, 2.24) is 0 Å². The van der Waals surface area contributed by atoms with Gasteiger partial charge in [0, 0.05) is 7.11 Å². The van der Waals surface area contributed by atoms with Gasteiger partial charge in [0.15, 0.2) is 0 Å². The molecule has 114 valence electrons. The first kappa shape index (κ1) is 17.2. The molecule has 2 atom stereocenters. The van der Waals surface area contributed by atoms with E-state index in [4.69, 9.17) is 4.74 Å². The molecule has 1 N–H and O–H groups in total. The second-order valence-corrected chi connectivity index (χ2v) is 5.54. The van der Waals surface area contributed by atoms with Crippen molar-refractivity contribution in [3.63, 3.8) is 0 Å². The Labute approximate surface area is 124 Å². The maximum Gasteiger partial charge on any atom is 0.108 e. The average molecular weight is 278 g/mol. The van der Waals surface area contributed by atoms with Crippen molar-refractivity contribution in [1.29, 1.82) is 0 Å². The van der Waals surface area contributed by atoms with E-state index in [1.807, 2.05) is 30.3 Å². The number of methoxy groups -OCH3 is 1. The molecule has 0 aliphatic heterocycles. The molecule has 0 aromatic heterocycles. The van der Waals surface area contributed by atoms with E-state index in [2.05, 4.69) is 6.92 Å². The van der Waals surface area contributed by atoms with Crippen LogP contribution in [0.1, 0.15) is 70.0 Å². The van der Waals surface area contributed by atoms with E-state index in [1.54, 1.807) is 7.11 Å². The molecule has 0 spiro atoms. The molecule has 0 heterocycles. The smallest absolute Gasteiger partial charge is 0.108 e. The lowest BCUT2D eigenvalue weighted by Crippen LogP contribution is -2.20. The lowest BCUT2D eigenvalue weighted by Gasteiger charge is -2.22. The van der Waals surface area contributed by atoms with Gasteiger partial charge < -0.3 is 9.84 Å². The van der Waals surface area contributed by atoms with E-state index in [1.165, 1.54) is 38.5 Å². The molecule has 0 aliphatic carbocycles. The van der Waals surface area contributed by atoms with E-state index < -0.39 is 6.10 Å². The molecule has 0 amide bonds. The van der Waals surface area contributed by atoms with Crippen LogP contribution >= 0.6 is 0 Å². The summed E-state index contributed by atoms with van der Waals surface area (Å²) in [6.45, 7) is 2.24. The number of aliphatic hydroxyl groups is 1. The van der Waals surface area contributed by atoms with Gasteiger partial charge in [-0.3, -0.25) is 0 Å². The minimum atomic E-state index is -0.405. The monoisotopic (exact) mass is 278 g/mol. The van der Waals surface area contributed by atoms with Gasteiger partial charge in [0.25, 0.3) is 0 Å². The van der Waals surface area contributed by atoms with E-state index in [-0.39, 0.29) is 6.10 Å². The zero-order chi connectivity index (χ0) is 14.6. The maximum absolute atomic E-state index is 10.3. The lowest BCUT2D eigenvalue weighted by molar-refractivity contribution is -0.0183. The van der Waals surface area contributed by atoms with Crippen LogP contribution in [0.25, 0.3) is 0 Å². The Balaban J connectivity index is 2.22. The highest BCUT2D eigenvalue weighted by Crippen LogP contribution is 2.24. The normalized spacial score (nSPS) is 14.2. The van der Waals surface area contributed by atoms with Gasteiger partial charge in [-0.25, -0.2) is 0 Å². The summed E-state index contributed by atoms with van der Waals surface area (Å²) in [5.74, 6) is 0. The summed E-state index contributed by atoms with van der Waals surface area (Å²) in [6.07, 6.45) is 9.13. The number of aliphatic hydroxyl groups excluding tert-OH is 1. The molecule has 0 saturated heterocycles. The molecule has 0 aliphatic rings. The van der Waals surface area contributed by atoms with Crippen molar-refractivity contribution in [3.8, 4) is 0 Å². The van der Waals surface area contributed by atoms with Gasteiger partial charge in [0.05, 0.1) is 6.10 Å². The fourth-order valence-electron chi connectivity index (χ4n) is 2.62. The van der Waals surface area contributed by atoms with Gasteiger partial charge in [-0.2, -0.15) is 0 Å². The Morgan fingerprint density at radius 3 is 2.15 bits per heavy atom. The average Bonchev–Trinajstić information content (AvgIpc) is 2.48. The molecule has 2 nitrogen and oxygen atoms in total. The van der Waals surface area contributed by atoms with Crippen LogP contribution in [0.4, 0.5) is 0 Å². The predicted molar refractivity (Wildman–Crippen MR) is 84.8 cm³/mol. The Kier molecular flexibility index (Phi) is 9.35. The van der Waals surface area contributed by atoms with E-state index in [0.717, 1.165) is 18.4 Å². The second kappa shape index (κ2) is 10.9. The molecule has 2 heteroatoms. The molecule has 1 aromatic carbocycles. The van der Waals surface area contributed by atoms with Crippen LogP contribution in [-0.2, 0) is 4.74 Å². The molecule has 0 fully saturated rings. The summed E-state index contributed by atoms with van der Waals surface area (Å²) >= 11 is 0. The number of hydrogen-bond donors (Lipinski definition) is 1. The van der Waals surface area contributed by atoms with Crippen LogP contribution in [0.5, 0.6) is 0 Å². The van der Waals surface area contributed by atoms with Gasteiger partial charge in [-0.1, -0.05) is 82.2 Å². The Morgan fingerprint density at radius 1 is 0.950 bits per heavy atom. The third-order valence-electron chi connectivity index (χ3n) is 3.83. The van der Waals surface area contributed by atoms with E-state index in [0.29, 0.717) is 0 Å². The van der Waals surface area contributed by atoms with Crippen molar-refractivity contribution >= 4 is 0 Å². The first-order valence-electron chi connectivity index (χ1n) is 8.05. The predicted octanol–water partition coefficient (Wildman–Crippen LogP) is 4.88. The topological polar surface area (TPSA) is 29.5 Å². The molecule has 0 saturated carbocycles. The third kappa shape index (κ3) is 6.53. The molecule has 0 bridgehead atoms. The molecule has 1 rings (SSSR count). The molecular weight excluding hydrogens is 248 g/mol.